The first-order valence-corrected chi connectivity index (χ1v) is 6.06. The van der Waals surface area contributed by atoms with Gasteiger partial charge in [0.15, 0.2) is 0 Å². The second kappa shape index (κ2) is 4.04. The Hall–Kier alpha value is -1.98. The third-order valence-electron chi connectivity index (χ3n) is 3.57. The predicted molar refractivity (Wildman–Crippen MR) is 63.9 cm³/mol. The van der Waals surface area contributed by atoms with Crippen LogP contribution in [0.3, 0.4) is 0 Å². The highest BCUT2D eigenvalue weighted by Crippen LogP contribution is 2.26. The van der Waals surface area contributed by atoms with Gasteiger partial charge in [-0.2, -0.15) is 0 Å². The summed E-state index contributed by atoms with van der Waals surface area (Å²) in [5, 5.41) is 3.09. The number of fused-ring (bicyclic) bond motifs is 1. The number of likely N-dealkylation sites (tertiary alicyclic amines) is 1. The Balaban J connectivity index is 1.84. The molecule has 1 N–H and O–H groups in total. The van der Waals surface area contributed by atoms with Crippen LogP contribution < -0.4 is 5.32 Å². The van der Waals surface area contributed by atoms with Crippen molar-refractivity contribution in [2.75, 3.05) is 12.4 Å². The molecular weight excluding hydrogens is 232 g/mol. The van der Waals surface area contributed by atoms with E-state index in [1.165, 1.54) is 18.3 Å². The Morgan fingerprint density at radius 2 is 2.17 bits per heavy atom. The van der Waals surface area contributed by atoms with Gasteiger partial charge in [0.25, 0.3) is 5.91 Å². The van der Waals surface area contributed by atoms with Crippen molar-refractivity contribution >= 4 is 17.6 Å². The van der Waals surface area contributed by atoms with Crippen molar-refractivity contribution in [3.8, 4) is 0 Å². The average molecular weight is 246 g/mol. The van der Waals surface area contributed by atoms with Gasteiger partial charge in [-0.05, 0) is 19.3 Å². The van der Waals surface area contributed by atoms with Crippen molar-refractivity contribution in [1.29, 1.82) is 0 Å². The van der Waals surface area contributed by atoms with Gasteiger partial charge in [0.05, 0.1) is 6.42 Å². The highest BCUT2D eigenvalue weighted by atomic mass is 16.2. The fourth-order valence-corrected chi connectivity index (χ4v) is 2.52. The lowest BCUT2D eigenvalue weighted by Crippen LogP contribution is -2.32. The summed E-state index contributed by atoms with van der Waals surface area (Å²) in [6, 6.07) is -0.484. The van der Waals surface area contributed by atoms with Gasteiger partial charge in [0.1, 0.15) is 18.2 Å². The van der Waals surface area contributed by atoms with Gasteiger partial charge in [-0.15, -0.1) is 0 Å². The molecule has 6 nitrogen and oxygen atoms in total. The SMILES string of the molecule is CN1C(=O)CC(Nc2ncnc3c2CCC3)C1=O. The fraction of sp³-hybridized carbons (Fsp3) is 0.500. The summed E-state index contributed by atoms with van der Waals surface area (Å²) >= 11 is 0. The van der Waals surface area contributed by atoms with E-state index in [0.717, 1.165) is 30.5 Å². The molecule has 2 heterocycles. The molecule has 0 saturated carbocycles. The minimum atomic E-state index is -0.484. The van der Waals surface area contributed by atoms with Gasteiger partial charge in [0, 0.05) is 18.3 Å². The minimum Gasteiger partial charge on any atom is -0.358 e. The highest BCUT2D eigenvalue weighted by molar-refractivity contribution is 6.06. The molecule has 1 atom stereocenters. The number of amides is 2. The smallest absolute Gasteiger partial charge is 0.251 e. The molecule has 1 aromatic rings. The van der Waals surface area contributed by atoms with Gasteiger partial charge < -0.3 is 5.32 Å². The number of rotatable bonds is 2. The highest BCUT2D eigenvalue weighted by Gasteiger charge is 2.36. The zero-order valence-electron chi connectivity index (χ0n) is 10.1. The molecule has 0 spiro atoms. The van der Waals surface area contributed by atoms with Crippen LogP contribution in [0.25, 0.3) is 0 Å². The van der Waals surface area contributed by atoms with Gasteiger partial charge in [0.2, 0.25) is 5.91 Å². The molecule has 1 aliphatic carbocycles. The summed E-state index contributed by atoms with van der Waals surface area (Å²) in [5.41, 5.74) is 2.14. The van der Waals surface area contributed by atoms with E-state index in [1.807, 2.05) is 0 Å². The second-order valence-corrected chi connectivity index (χ2v) is 4.69. The first kappa shape index (κ1) is 11.1. The van der Waals surface area contributed by atoms with Gasteiger partial charge in [-0.25, -0.2) is 9.97 Å². The maximum Gasteiger partial charge on any atom is 0.251 e. The van der Waals surface area contributed by atoms with E-state index >= 15 is 0 Å². The molecule has 0 aromatic carbocycles. The number of hydrogen-bond acceptors (Lipinski definition) is 5. The monoisotopic (exact) mass is 246 g/mol. The molecular formula is C12H14N4O2. The summed E-state index contributed by atoms with van der Waals surface area (Å²) in [4.78, 5) is 32.9. The predicted octanol–water partition coefficient (Wildman–Crippen LogP) is 0.134. The van der Waals surface area contributed by atoms with Gasteiger partial charge in [-0.3, -0.25) is 14.5 Å². The number of carbonyl (C=O) groups excluding carboxylic acids is 2. The molecule has 0 bridgehead atoms. The molecule has 18 heavy (non-hydrogen) atoms. The Morgan fingerprint density at radius 1 is 1.33 bits per heavy atom. The van der Waals surface area contributed by atoms with Crippen LogP contribution in [0, 0.1) is 0 Å². The molecule has 2 amide bonds. The van der Waals surface area contributed by atoms with Crippen LogP contribution in [0.2, 0.25) is 0 Å². The molecule has 1 aliphatic heterocycles. The molecule has 1 saturated heterocycles. The number of nitrogens with zero attached hydrogens (tertiary/aromatic N) is 3. The second-order valence-electron chi connectivity index (χ2n) is 4.69. The van der Waals surface area contributed by atoms with E-state index in [1.54, 1.807) is 0 Å². The van der Waals surface area contributed by atoms with E-state index in [-0.39, 0.29) is 18.2 Å². The zero-order valence-corrected chi connectivity index (χ0v) is 10.1. The molecule has 94 valence electrons. The van der Waals surface area contributed by atoms with Crippen LogP contribution in [0.1, 0.15) is 24.1 Å². The Bertz CT molecular complexity index is 529. The lowest BCUT2D eigenvalue weighted by molar-refractivity contribution is -0.136. The van der Waals surface area contributed by atoms with Crippen LogP contribution in [-0.2, 0) is 22.4 Å². The average Bonchev–Trinajstić information content (AvgIpc) is 2.92. The number of nitrogens with one attached hydrogen (secondary N) is 1. The molecule has 2 aliphatic rings. The number of likely N-dealkylation sites (N-methyl/N-ethyl adjacent to an activating group) is 1. The van der Waals surface area contributed by atoms with E-state index < -0.39 is 6.04 Å². The van der Waals surface area contributed by atoms with E-state index in [2.05, 4.69) is 15.3 Å². The van der Waals surface area contributed by atoms with Crippen molar-refractivity contribution in [2.24, 2.45) is 0 Å². The number of anilines is 1. The summed E-state index contributed by atoms with van der Waals surface area (Å²) < 4.78 is 0. The Labute approximate surface area is 104 Å². The maximum absolute atomic E-state index is 11.8. The fourth-order valence-electron chi connectivity index (χ4n) is 2.52. The molecule has 1 aromatic heterocycles. The molecule has 1 unspecified atom stereocenters. The van der Waals surface area contributed by atoms with Gasteiger partial charge >= 0.3 is 0 Å². The zero-order chi connectivity index (χ0) is 12.7. The number of imide groups is 1. The topological polar surface area (TPSA) is 75.2 Å². The number of aryl methyl sites for hydroxylation is 1. The van der Waals surface area contributed by atoms with Crippen LogP contribution >= 0.6 is 0 Å². The van der Waals surface area contributed by atoms with E-state index in [4.69, 9.17) is 0 Å². The number of carbonyl (C=O) groups is 2. The minimum absolute atomic E-state index is 0.150. The first-order valence-electron chi connectivity index (χ1n) is 6.06. The maximum atomic E-state index is 11.8. The summed E-state index contributed by atoms with van der Waals surface area (Å²) in [5.74, 6) is 0.368. The first-order chi connectivity index (χ1) is 8.66. The lowest BCUT2D eigenvalue weighted by atomic mass is 10.2. The summed E-state index contributed by atoms with van der Waals surface area (Å²) in [7, 11) is 1.51. The molecule has 1 fully saturated rings. The van der Waals surface area contributed by atoms with Crippen molar-refractivity contribution in [1.82, 2.24) is 14.9 Å². The molecule has 6 heteroatoms. The molecule has 0 radical (unpaired) electrons. The number of hydrogen-bond donors (Lipinski definition) is 1. The van der Waals surface area contributed by atoms with E-state index in [9.17, 15) is 9.59 Å². The van der Waals surface area contributed by atoms with E-state index in [0.29, 0.717) is 5.82 Å². The summed E-state index contributed by atoms with van der Waals surface area (Å²) in [6.45, 7) is 0. The van der Waals surface area contributed by atoms with Crippen LogP contribution in [0.15, 0.2) is 6.33 Å². The normalized spacial score (nSPS) is 22.5. The third kappa shape index (κ3) is 1.64. The van der Waals surface area contributed by atoms with Crippen molar-refractivity contribution in [3.05, 3.63) is 17.6 Å². The van der Waals surface area contributed by atoms with Crippen molar-refractivity contribution in [3.63, 3.8) is 0 Å². The standard InChI is InChI=1S/C12H14N4O2/c1-16-10(17)5-9(12(16)18)15-11-7-3-2-4-8(7)13-6-14-11/h6,9H,2-5H2,1H3,(H,13,14,15). The largest absolute Gasteiger partial charge is 0.358 e. The number of aromatic nitrogens is 2. The van der Waals surface area contributed by atoms with Crippen LogP contribution in [-0.4, -0.2) is 39.8 Å². The Morgan fingerprint density at radius 3 is 2.89 bits per heavy atom. The quantitative estimate of drug-likeness (QED) is 0.751. The van der Waals surface area contributed by atoms with Crippen LogP contribution in [0.4, 0.5) is 5.82 Å². The lowest BCUT2D eigenvalue weighted by Gasteiger charge is -2.13. The molecule has 3 rings (SSSR count). The van der Waals surface area contributed by atoms with Crippen molar-refractivity contribution in [2.45, 2.75) is 31.7 Å². The summed E-state index contributed by atoms with van der Waals surface area (Å²) in [6.07, 6.45) is 4.68. The van der Waals surface area contributed by atoms with Gasteiger partial charge in [-0.1, -0.05) is 0 Å². The Kier molecular flexibility index (Phi) is 2.50. The van der Waals surface area contributed by atoms with Crippen molar-refractivity contribution < 1.29 is 9.59 Å². The van der Waals surface area contributed by atoms with Crippen LogP contribution in [0.5, 0.6) is 0 Å². The third-order valence-corrected chi connectivity index (χ3v) is 3.57.